The molecule has 1 fully saturated rings. The predicted molar refractivity (Wildman–Crippen MR) is 81.8 cm³/mol. The predicted octanol–water partition coefficient (Wildman–Crippen LogP) is 2.51. The number of carbonyl (C=O) groups excluding carboxylic acids is 3. The molecule has 6 heteroatoms. The summed E-state index contributed by atoms with van der Waals surface area (Å²) in [7, 11) is 0. The molecule has 1 aliphatic rings. The molecule has 0 bridgehead atoms. The Morgan fingerprint density at radius 3 is 2.64 bits per heavy atom. The zero-order valence-electron chi connectivity index (χ0n) is 12.1. The summed E-state index contributed by atoms with van der Waals surface area (Å²) in [6.07, 6.45) is 2.28. The van der Waals surface area contributed by atoms with Crippen molar-refractivity contribution >= 4 is 29.3 Å². The van der Waals surface area contributed by atoms with Crippen LogP contribution in [0.15, 0.2) is 24.3 Å². The normalized spacial score (nSPS) is 17.9. The van der Waals surface area contributed by atoms with E-state index < -0.39 is 12.1 Å². The zero-order valence-corrected chi connectivity index (χ0v) is 12.9. The fourth-order valence-corrected chi connectivity index (χ4v) is 2.40. The summed E-state index contributed by atoms with van der Waals surface area (Å²) in [5.74, 6) is -0.750. The van der Waals surface area contributed by atoms with E-state index >= 15 is 0 Å². The third-order valence-electron chi connectivity index (χ3n) is 3.49. The second-order valence-electron chi connectivity index (χ2n) is 5.20. The maximum atomic E-state index is 11.8. The van der Waals surface area contributed by atoms with E-state index in [1.165, 1.54) is 0 Å². The Balaban J connectivity index is 1.71. The van der Waals surface area contributed by atoms with Crippen LogP contribution in [-0.2, 0) is 14.3 Å². The van der Waals surface area contributed by atoms with Gasteiger partial charge in [-0.2, -0.15) is 0 Å². The van der Waals surface area contributed by atoms with Crippen LogP contribution in [0.5, 0.6) is 0 Å². The van der Waals surface area contributed by atoms with Crippen LogP contribution in [-0.4, -0.2) is 30.3 Å². The lowest BCUT2D eigenvalue weighted by molar-refractivity contribution is -0.156. The Hall–Kier alpha value is -1.88. The highest BCUT2D eigenvalue weighted by molar-refractivity contribution is 6.30. The molecule has 0 unspecified atom stereocenters. The molecule has 1 N–H and O–H groups in total. The Kier molecular flexibility index (Phi) is 5.95. The van der Waals surface area contributed by atoms with Gasteiger partial charge in [0.1, 0.15) is 0 Å². The van der Waals surface area contributed by atoms with E-state index in [4.69, 9.17) is 16.3 Å². The summed E-state index contributed by atoms with van der Waals surface area (Å²) >= 11 is 5.75. The third-order valence-corrected chi connectivity index (χ3v) is 3.75. The average molecular weight is 324 g/mol. The summed E-state index contributed by atoms with van der Waals surface area (Å²) < 4.78 is 5.15. The molecule has 0 spiro atoms. The number of carbonyl (C=O) groups is 3. The summed E-state index contributed by atoms with van der Waals surface area (Å²) in [6, 6.07) is 6.46. The maximum absolute atomic E-state index is 11.8. The minimum absolute atomic E-state index is 0.00944. The van der Waals surface area contributed by atoms with Gasteiger partial charge < -0.3 is 10.1 Å². The van der Waals surface area contributed by atoms with Crippen molar-refractivity contribution in [1.29, 1.82) is 0 Å². The molecule has 22 heavy (non-hydrogen) atoms. The molecule has 1 saturated carbocycles. The number of Topliss-reactive ketones (excluding diaryl/α,β-unsaturated/α-hetero) is 1. The molecular formula is C16H18ClNO4. The largest absolute Gasteiger partial charge is 0.454 e. The molecule has 0 saturated heterocycles. The number of ether oxygens (including phenoxy) is 1. The van der Waals surface area contributed by atoms with Crippen molar-refractivity contribution < 1.29 is 19.1 Å². The maximum Gasteiger partial charge on any atom is 0.308 e. The average Bonchev–Trinajstić information content (AvgIpc) is 2.50. The first-order valence-electron chi connectivity index (χ1n) is 7.32. The van der Waals surface area contributed by atoms with Gasteiger partial charge in [0, 0.05) is 23.6 Å². The van der Waals surface area contributed by atoms with Gasteiger partial charge in [-0.25, -0.2) is 0 Å². The highest BCUT2D eigenvalue weighted by Gasteiger charge is 2.25. The van der Waals surface area contributed by atoms with Gasteiger partial charge in [-0.05, 0) is 43.5 Å². The van der Waals surface area contributed by atoms with E-state index in [1.54, 1.807) is 24.3 Å². The standard InChI is InChI=1S/C16H18ClNO4/c17-12-7-5-11(6-8-12)16(21)18-10-9-15(20)22-14-4-2-1-3-13(14)19/h5-8,14H,1-4,9-10H2,(H,18,21)/t14-/m1/s1. The summed E-state index contributed by atoms with van der Waals surface area (Å²) in [4.78, 5) is 35.1. The Morgan fingerprint density at radius 1 is 1.23 bits per heavy atom. The first kappa shape index (κ1) is 16.5. The molecule has 5 nitrogen and oxygen atoms in total. The van der Waals surface area contributed by atoms with Gasteiger partial charge in [0.2, 0.25) is 0 Å². The van der Waals surface area contributed by atoms with Crippen molar-refractivity contribution in [1.82, 2.24) is 5.32 Å². The third kappa shape index (κ3) is 4.84. The number of halogens is 1. The summed E-state index contributed by atoms with van der Waals surface area (Å²) in [5, 5.41) is 3.18. The second-order valence-corrected chi connectivity index (χ2v) is 5.64. The summed E-state index contributed by atoms with van der Waals surface area (Å²) in [5.41, 5.74) is 0.472. The van der Waals surface area contributed by atoms with Gasteiger partial charge in [0.15, 0.2) is 11.9 Å². The fraction of sp³-hybridized carbons (Fsp3) is 0.438. The lowest BCUT2D eigenvalue weighted by Gasteiger charge is -2.20. The van der Waals surface area contributed by atoms with Crippen molar-refractivity contribution in [2.45, 2.75) is 38.2 Å². The number of benzene rings is 1. The molecule has 1 aliphatic carbocycles. The molecular weight excluding hydrogens is 306 g/mol. The van der Waals surface area contributed by atoms with Crippen molar-refractivity contribution in [2.75, 3.05) is 6.54 Å². The lowest BCUT2D eigenvalue weighted by atomic mass is 9.96. The number of ketones is 1. The van der Waals surface area contributed by atoms with Gasteiger partial charge in [-0.1, -0.05) is 11.6 Å². The van der Waals surface area contributed by atoms with Crippen molar-refractivity contribution in [3.63, 3.8) is 0 Å². The molecule has 1 atom stereocenters. The van der Waals surface area contributed by atoms with E-state index in [2.05, 4.69) is 5.32 Å². The van der Waals surface area contributed by atoms with Crippen LogP contribution >= 0.6 is 11.6 Å². The molecule has 2 rings (SSSR count). The fourth-order valence-electron chi connectivity index (χ4n) is 2.27. The number of nitrogens with one attached hydrogen (secondary N) is 1. The Labute approximate surface area is 134 Å². The first-order valence-corrected chi connectivity index (χ1v) is 7.70. The topological polar surface area (TPSA) is 72.5 Å². The Morgan fingerprint density at radius 2 is 1.95 bits per heavy atom. The minimum atomic E-state index is -0.604. The highest BCUT2D eigenvalue weighted by Crippen LogP contribution is 2.17. The zero-order chi connectivity index (χ0) is 15.9. The highest BCUT2D eigenvalue weighted by atomic mass is 35.5. The monoisotopic (exact) mass is 323 g/mol. The van der Waals surface area contributed by atoms with Gasteiger partial charge >= 0.3 is 5.97 Å². The van der Waals surface area contributed by atoms with Gasteiger partial charge in [-0.3, -0.25) is 14.4 Å². The summed E-state index contributed by atoms with van der Waals surface area (Å²) in [6.45, 7) is 0.168. The molecule has 0 aromatic heterocycles. The van der Waals surface area contributed by atoms with Gasteiger partial charge in [0.05, 0.1) is 6.42 Å². The number of amides is 1. The van der Waals surface area contributed by atoms with Crippen LogP contribution in [0, 0.1) is 0 Å². The van der Waals surface area contributed by atoms with Crippen LogP contribution in [0.2, 0.25) is 5.02 Å². The molecule has 1 aromatic rings. The molecule has 0 radical (unpaired) electrons. The molecule has 1 amide bonds. The second kappa shape index (κ2) is 7.94. The van der Waals surface area contributed by atoms with E-state index in [-0.39, 0.29) is 24.7 Å². The van der Waals surface area contributed by atoms with Crippen molar-refractivity contribution in [3.05, 3.63) is 34.9 Å². The quantitative estimate of drug-likeness (QED) is 0.845. The molecule has 1 aromatic carbocycles. The molecule has 118 valence electrons. The Bertz CT molecular complexity index is 556. The van der Waals surface area contributed by atoms with E-state index in [0.717, 1.165) is 12.8 Å². The van der Waals surface area contributed by atoms with Crippen molar-refractivity contribution in [3.8, 4) is 0 Å². The number of rotatable bonds is 5. The van der Waals surface area contributed by atoms with Crippen LogP contribution < -0.4 is 5.32 Å². The molecule has 0 aliphatic heterocycles. The van der Waals surface area contributed by atoms with E-state index in [1.807, 2.05) is 0 Å². The number of hydrogen-bond donors (Lipinski definition) is 1. The number of hydrogen-bond acceptors (Lipinski definition) is 4. The van der Waals surface area contributed by atoms with Crippen molar-refractivity contribution in [2.24, 2.45) is 0 Å². The molecule has 0 heterocycles. The first-order chi connectivity index (χ1) is 10.6. The van der Waals surface area contributed by atoms with Crippen LogP contribution in [0.3, 0.4) is 0 Å². The number of esters is 1. The lowest BCUT2D eigenvalue weighted by Crippen LogP contribution is -2.32. The van der Waals surface area contributed by atoms with Gasteiger partial charge in [-0.15, -0.1) is 0 Å². The van der Waals surface area contributed by atoms with E-state index in [9.17, 15) is 14.4 Å². The smallest absolute Gasteiger partial charge is 0.308 e. The van der Waals surface area contributed by atoms with Crippen LogP contribution in [0.1, 0.15) is 42.5 Å². The SMILES string of the molecule is O=C(CCNC(=O)c1ccc(Cl)cc1)O[C@@H]1CCCCC1=O. The van der Waals surface area contributed by atoms with Crippen LogP contribution in [0.4, 0.5) is 0 Å². The van der Waals surface area contributed by atoms with E-state index in [0.29, 0.717) is 23.4 Å². The van der Waals surface area contributed by atoms with Crippen LogP contribution in [0.25, 0.3) is 0 Å². The minimum Gasteiger partial charge on any atom is -0.454 e. The van der Waals surface area contributed by atoms with Gasteiger partial charge in [0.25, 0.3) is 5.91 Å².